The van der Waals surface area contributed by atoms with Gasteiger partial charge in [-0.05, 0) is 24.2 Å². The molecule has 222 valence electrons. The van der Waals surface area contributed by atoms with Gasteiger partial charge in [-0.3, -0.25) is 0 Å². The SMILES string of the molecule is COc1nc(Oc2ccc(CNC(=O)O)c(F)c2)cnc1NC(OCC[Si](C)(C)C)S(=O)(=O)c1cccc(Cl)c1Cl. The van der Waals surface area contributed by atoms with Crippen molar-refractivity contribution in [2.75, 3.05) is 19.0 Å². The van der Waals surface area contributed by atoms with Crippen molar-refractivity contribution in [1.82, 2.24) is 15.3 Å². The van der Waals surface area contributed by atoms with Gasteiger partial charge in [0.2, 0.25) is 21.3 Å². The van der Waals surface area contributed by atoms with Crippen LogP contribution in [0.3, 0.4) is 0 Å². The number of anilines is 1. The van der Waals surface area contributed by atoms with Crippen LogP contribution < -0.4 is 20.1 Å². The molecule has 1 unspecified atom stereocenters. The maximum Gasteiger partial charge on any atom is 0.404 e. The second-order valence-electron chi connectivity index (χ2n) is 9.83. The number of aromatic nitrogens is 2. The van der Waals surface area contributed by atoms with E-state index in [1.165, 1.54) is 43.6 Å². The molecule has 41 heavy (non-hydrogen) atoms. The van der Waals surface area contributed by atoms with Crippen molar-refractivity contribution in [3.63, 3.8) is 0 Å². The number of hydrogen-bond acceptors (Lipinski definition) is 9. The molecule has 3 aromatic rings. The average molecular weight is 648 g/mol. The van der Waals surface area contributed by atoms with Gasteiger partial charge in [-0.25, -0.2) is 22.6 Å². The molecular formula is C25H29Cl2FN4O7SSi. The molecule has 0 spiro atoms. The van der Waals surface area contributed by atoms with Crippen LogP contribution in [0.1, 0.15) is 5.56 Å². The van der Waals surface area contributed by atoms with Gasteiger partial charge in [-0.15, -0.1) is 0 Å². The predicted molar refractivity (Wildman–Crippen MR) is 155 cm³/mol. The Kier molecular flexibility index (Phi) is 10.8. The van der Waals surface area contributed by atoms with Crippen molar-refractivity contribution >= 4 is 53.0 Å². The summed E-state index contributed by atoms with van der Waals surface area (Å²) in [5.74, 6) is -0.917. The predicted octanol–water partition coefficient (Wildman–Crippen LogP) is 6.02. The first-order chi connectivity index (χ1) is 19.2. The standard InChI is InChI=1S/C25H29Cl2FN4O7SSi/c1-37-23-22(29-14-20(31-23)39-16-9-8-15(18(28)12-16)13-30-24(33)34)32-25(38-10-11-41(2,3)4)40(35,36)19-7-5-6-17(26)21(19)27/h5-9,12,14,25,30H,10-11,13H2,1-4H3,(H,29,32)(H,33,34). The highest BCUT2D eigenvalue weighted by molar-refractivity contribution is 7.92. The molecular weight excluding hydrogens is 618 g/mol. The van der Waals surface area contributed by atoms with Gasteiger partial charge >= 0.3 is 6.09 Å². The highest BCUT2D eigenvalue weighted by atomic mass is 35.5. The molecule has 0 aliphatic heterocycles. The highest BCUT2D eigenvalue weighted by Crippen LogP contribution is 2.33. The summed E-state index contributed by atoms with van der Waals surface area (Å²) in [6.45, 7) is 6.30. The second kappa shape index (κ2) is 13.7. The molecule has 0 aliphatic rings. The lowest BCUT2D eigenvalue weighted by Crippen LogP contribution is -2.35. The Morgan fingerprint density at radius 1 is 1.20 bits per heavy atom. The zero-order valence-corrected chi connectivity index (χ0v) is 25.9. The number of rotatable bonds is 13. The van der Waals surface area contributed by atoms with Gasteiger partial charge in [0.05, 0.1) is 28.2 Å². The number of methoxy groups -OCH3 is 1. The summed E-state index contributed by atoms with van der Waals surface area (Å²) in [6, 6.07) is 8.77. The molecule has 0 radical (unpaired) electrons. The molecule has 1 aromatic heterocycles. The molecule has 1 amide bonds. The molecule has 3 N–H and O–H groups in total. The normalized spacial score (nSPS) is 12.5. The van der Waals surface area contributed by atoms with Crippen LogP contribution in [0.15, 0.2) is 47.5 Å². The van der Waals surface area contributed by atoms with E-state index < -0.39 is 35.4 Å². The van der Waals surface area contributed by atoms with Crippen molar-refractivity contribution < 1.29 is 36.9 Å². The van der Waals surface area contributed by atoms with Crippen molar-refractivity contribution in [3.8, 4) is 17.5 Å². The first kappa shape index (κ1) is 32.3. The van der Waals surface area contributed by atoms with E-state index in [4.69, 9.17) is 42.5 Å². The number of halogens is 3. The van der Waals surface area contributed by atoms with E-state index in [2.05, 4.69) is 40.2 Å². The number of hydrogen-bond donors (Lipinski definition) is 3. The summed E-state index contributed by atoms with van der Waals surface area (Å²) < 4.78 is 58.3. The van der Waals surface area contributed by atoms with Crippen LogP contribution in [0, 0.1) is 5.82 Å². The summed E-state index contributed by atoms with van der Waals surface area (Å²) >= 11 is 12.3. The van der Waals surface area contributed by atoms with E-state index in [9.17, 15) is 17.6 Å². The van der Waals surface area contributed by atoms with Crippen LogP contribution in [0.4, 0.5) is 15.0 Å². The third-order valence-electron chi connectivity index (χ3n) is 5.47. The molecule has 0 saturated heterocycles. The van der Waals surface area contributed by atoms with Gasteiger partial charge in [0.1, 0.15) is 11.6 Å². The Balaban J connectivity index is 1.87. The van der Waals surface area contributed by atoms with Gasteiger partial charge in [0.15, 0.2) is 5.82 Å². The van der Waals surface area contributed by atoms with E-state index in [-0.39, 0.29) is 57.0 Å². The topological polar surface area (TPSA) is 149 Å². The zero-order chi connectivity index (χ0) is 30.4. The smallest absolute Gasteiger partial charge is 0.404 e. The van der Waals surface area contributed by atoms with Crippen molar-refractivity contribution in [2.45, 2.75) is 42.7 Å². The maximum absolute atomic E-state index is 14.4. The van der Waals surface area contributed by atoms with Crippen LogP contribution in [-0.2, 0) is 21.1 Å². The van der Waals surface area contributed by atoms with Gasteiger partial charge in [-0.1, -0.05) is 55.0 Å². The molecule has 0 saturated carbocycles. The molecule has 1 heterocycles. The van der Waals surface area contributed by atoms with E-state index in [1.807, 2.05) is 0 Å². The Morgan fingerprint density at radius 3 is 2.56 bits per heavy atom. The first-order valence-corrected chi connectivity index (χ1v) is 18.1. The number of benzene rings is 2. The van der Waals surface area contributed by atoms with Crippen LogP contribution >= 0.6 is 23.2 Å². The van der Waals surface area contributed by atoms with Gasteiger partial charge < -0.3 is 30.0 Å². The Morgan fingerprint density at radius 2 is 1.93 bits per heavy atom. The molecule has 0 bridgehead atoms. The fourth-order valence-electron chi connectivity index (χ4n) is 3.29. The second-order valence-corrected chi connectivity index (χ2v) is 18.2. The van der Waals surface area contributed by atoms with E-state index >= 15 is 0 Å². The highest BCUT2D eigenvalue weighted by Gasteiger charge is 2.33. The van der Waals surface area contributed by atoms with Gasteiger partial charge in [0.25, 0.3) is 5.88 Å². The summed E-state index contributed by atoms with van der Waals surface area (Å²) in [5, 5.41) is 13.4. The fraction of sp³-hybridized carbons (Fsp3) is 0.320. The van der Waals surface area contributed by atoms with Gasteiger partial charge in [0, 0.05) is 32.9 Å². The summed E-state index contributed by atoms with van der Waals surface area (Å²) in [6.07, 6.45) is -0.103. The largest absolute Gasteiger partial charge is 0.478 e. The number of nitrogens with one attached hydrogen (secondary N) is 2. The van der Waals surface area contributed by atoms with Crippen LogP contribution in [0.2, 0.25) is 35.7 Å². The Hall–Kier alpha value is -3.17. The first-order valence-electron chi connectivity index (χ1n) is 12.1. The fourth-order valence-corrected chi connectivity index (χ4v) is 6.10. The molecule has 1 atom stereocenters. The summed E-state index contributed by atoms with van der Waals surface area (Å²) in [7, 11) is -4.52. The van der Waals surface area contributed by atoms with Crippen LogP contribution in [0.5, 0.6) is 17.5 Å². The van der Waals surface area contributed by atoms with E-state index in [0.29, 0.717) is 6.04 Å². The number of sulfone groups is 1. The molecule has 0 aliphatic carbocycles. The average Bonchev–Trinajstić information content (AvgIpc) is 2.89. The zero-order valence-electron chi connectivity index (χ0n) is 22.6. The van der Waals surface area contributed by atoms with E-state index in [1.54, 1.807) is 0 Å². The minimum absolute atomic E-state index is 0.0596. The van der Waals surface area contributed by atoms with E-state index in [0.717, 1.165) is 6.07 Å². The summed E-state index contributed by atoms with van der Waals surface area (Å²) in [5.41, 5.74) is -1.50. The third-order valence-corrected chi connectivity index (χ3v) is 9.88. The van der Waals surface area contributed by atoms with Gasteiger partial charge in [-0.2, -0.15) is 4.98 Å². The molecule has 16 heteroatoms. The lowest BCUT2D eigenvalue weighted by atomic mass is 10.2. The minimum Gasteiger partial charge on any atom is -0.478 e. The Bertz CT molecular complexity index is 1510. The molecule has 2 aromatic carbocycles. The van der Waals surface area contributed by atoms with Crippen LogP contribution in [0.25, 0.3) is 0 Å². The number of ether oxygens (including phenoxy) is 3. The molecule has 11 nitrogen and oxygen atoms in total. The molecule has 0 fully saturated rings. The van der Waals surface area contributed by atoms with Crippen molar-refractivity contribution in [2.24, 2.45) is 0 Å². The Labute approximate surface area is 247 Å². The quantitative estimate of drug-likeness (QED) is 0.149. The van der Waals surface area contributed by atoms with Crippen molar-refractivity contribution in [1.29, 1.82) is 0 Å². The van der Waals surface area contributed by atoms with Crippen LogP contribution in [-0.4, -0.2) is 56.9 Å². The number of carboxylic acid groups (broad SMARTS) is 1. The lowest BCUT2D eigenvalue weighted by Gasteiger charge is -2.23. The number of carbonyl (C=O) groups is 1. The minimum atomic E-state index is -4.25. The number of amides is 1. The third kappa shape index (κ3) is 8.90. The maximum atomic E-state index is 14.4. The number of nitrogens with zero attached hydrogens (tertiary/aromatic N) is 2. The monoisotopic (exact) mass is 646 g/mol. The molecule has 3 rings (SSSR count). The summed E-state index contributed by atoms with van der Waals surface area (Å²) in [4.78, 5) is 18.8. The lowest BCUT2D eigenvalue weighted by molar-refractivity contribution is 0.133. The van der Waals surface area contributed by atoms with Crippen molar-refractivity contribution in [3.05, 3.63) is 64.0 Å².